The van der Waals surface area contributed by atoms with Gasteiger partial charge in [0.25, 0.3) is 0 Å². The summed E-state index contributed by atoms with van der Waals surface area (Å²) in [5.41, 5.74) is 1.14. The Bertz CT molecular complexity index is 422. The molecule has 1 saturated carbocycles. The molecule has 1 aromatic carbocycles. The smallest absolute Gasteiger partial charge is 0.138 e. The SMILES string of the molecule is O=C1CCOC2(CCCCC2c2ccccc2)C1. The van der Waals surface area contributed by atoms with Crippen LogP contribution in [-0.4, -0.2) is 18.0 Å². The summed E-state index contributed by atoms with van der Waals surface area (Å²) in [6, 6.07) is 10.6. The molecule has 3 rings (SSSR count). The average molecular weight is 244 g/mol. The third-order valence-corrected chi connectivity index (χ3v) is 4.45. The highest BCUT2D eigenvalue weighted by Crippen LogP contribution is 2.47. The van der Waals surface area contributed by atoms with Crippen molar-refractivity contribution >= 4 is 5.78 Å². The molecule has 1 spiro atoms. The fraction of sp³-hybridized carbons (Fsp3) is 0.562. The summed E-state index contributed by atoms with van der Waals surface area (Å²) in [6.07, 6.45) is 5.85. The lowest BCUT2D eigenvalue weighted by molar-refractivity contribution is -0.149. The lowest BCUT2D eigenvalue weighted by Gasteiger charge is -2.46. The van der Waals surface area contributed by atoms with Crippen LogP contribution in [0, 0.1) is 0 Å². The molecule has 0 radical (unpaired) electrons. The first-order valence-electron chi connectivity index (χ1n) is 7.01. The molecule has 2 atom stereocenters. The summed E-state index contributed by atoms with van der Waals surface area (Å²) < 4.78 is 6.12. The number of ether oxygens (including phenoxy) is 1. The number of hydrogen-bond acceptors (Lipinski definition) is 2. The lowest BCUT2D eigenvalue weighted by Crippen LogP contribution is -2.47. The minimum absolute atomic E-state index is 0.199. The van der Waals surface area contributed by atoms with Crippen LogP contribution in [0.5, 0.6) is 0 Å². The number of benzene rings is 1. The molecule has 1 saturated heterocycles. The Morgan fingerprint density at radius 3 is 2.78 bits per heavy atom. The first-order chi connectivity index (χ1) is 8.80. The van der Waals surface area contributed by atoms with Gasteiger partial charge in [-0.15, -0.1) is 0 Å². The summed E-state index contributed by atoms with van der Waals surface area (Å²) in [5.74, 6) is 0.779. The van der Waals surface area contributed by atoms with Crippen molar-refractivity contribution in [3.63, 3.8) is 0 Å². The number of carbonyl (C=O) groups is 1. The van der Waals surface area contributed by atoms with Gasteiger partial charge in [-0.2, -0.15) is 0 Å². The Labute approximate surface area is 108 Å². The zero-order chi connectivity index (χ0) is 12.4. The van der Waals surface area contributed by atoms with Crippen molar-refractivity contribution in [1.82, 2.24) is 0 Å². The van der Waals surface area contributed by atoms with Gasteiger partial charge in [0.05, 0.1) is 12.2 Å². The van der Waals surface area contributed by atoms with Gasteiger partial charge in [-0.3, -0.25) is 4.79 Å². The van der Waals surface area contributed by atoms with E-state index in [0.29, 0.717) is 31.1 Å². The highest BCUT2D eigenvalue weighted by atomic mass is 16.5. The summed E-state index contributed by atoms with van der Waals surface area (Å²) in [7, 11) is 0. The van der Waals surface area contributed by atoms with Gasteiger partial charge in [0.2, 0.25) is 0 Å². The van der Waals surface area contributed by atoms with E-state index in [9.17, 15) is 4.79 Å². The van der Waals surface area contributed by atoms with Crippen LogP contribution in [0.25, 0.3) is 0 Å². The molecular formula is C16H20O2. The molecule has 0 bridgehead atoms. The van der Waals surface area contributed by atoms with Crippen molar-refractivity contribution in [2.45, 2.75) is 50.0 Å². The van der Waals surface area contributed by atoms with Gasteiger partial charge >= 0.3 is 0 Å². The zero-order valence-electron chi connectivity index (χ0n) is 10.7. The van der Waals surface area contributed by atoms with E-state index in [1.807, 2.05) is 6.07 Å². The topological polar surface area (TPSA) is 26.3 Å². The molecule has 0 aromatic heterocycles. The maximum absolute atomic E-state index is 11.8. The van der Waals surface area contributed by atoms with Gasteiger partial charge in [-0.05, 0) is 18.4 Å². The van der Waals surface area contributed by atoms with E-state index in [0.717, 1.165) is 12.8 Å². The van der Waals surface area contributed by atoms with Gasteiger partial charge in [0.1, 0.15) is 5.78 Å². The Morgan fingerprint density at radius 2 is 2.00 bits per heavy atom. The van der Waals surface area contributed by atoms with Crippen molar-refractivity contribution in [3.8, 4) is 0 Å². The van der Waals surface area contributed by atoms with Crippen LogP contribution < -0.4 is 0 Å². The Morgan fingerprint density at radius 1 is 1.17 bits per heavy atom. The summed E-state index contributed by atoms with van der Waals surface area (Å²) >= 11 is 0. The molecular weight excluding hydrogens is 224 g/mol. The monoisotopic (exact) mass is 244 g/mol. The Balaban J connectivity index is 1.92. The molecule has 2 fully saturated rings. The number of rotatable bonds is 1. The van der Waals surface area contributed by atoms with Crippen molar-refractivity contribution in [2.75, 3.05) is 6.61 Å². The average Bonchev–Trinajstić information content (AvgIpc) is 2.40. The fourth-order valence-electron chi connectivity index (χ4n) is 3.59. The largest absolute Gasteiger partial charge is 0.373 e. The van der Waals surface area contributed by atoms with Gasteiger partial charge in [0, 0.05) is 18.8 Å². The number of Topliss-reactive ketones (excluding diaryl/α,β-unsaturated/α-hetero) is 1. The molecule has 1 aliphatic carbocycles. The highest BCUT2D eigenvalue weighted by Gasteiger charge is 2.45. The van der Waals surface area contributed by atoms with Crippen molar-refractivity contribution in [2.24, 2.45) is 0 Å². The number of carbonyl (C=O) groups excluding carboxylic acids is 1. The zero-order valence-corrected chi connectivity index (χ0v) is 10.7. The Hall–Kier alpha value is -1.15. The van der Waals surface area contributed by atoms with E-state index in [2.05, 4.69) is 24.3 Å². The maximum atomic E-state index is 11.8. The van der Waals surface area contributed by atoms with Crippen LogP contribution in [0.2, 0.25) is 0 Å². The lowest BCUT2D eigenvalue weighted by atomic mass is 9.68. The molecule has 2 heteroatoms. The van der Waals surface area contributed by atoms with Crippen molar-refractivity contribution in [1.29, 1.82) is 0 Å². The molecule has 96 valence electrons. The van der Waals surface area contributed by atoms with Gasteiger partial charge in [-0.25, -0.2) is 0 Å². The fourth-order valence-corrected chi connectivity index (χ4v) is 3.59. The summed E-state index contributed by atoms with van der Waals surface area (Å²) in [6.45, 7) is 0.613. The number of ketones is 1. The first kappa shape index (κ1) is 11.9. The van der Waals surface area contributed by atoms with Crippen molar-refractivity contribution < 1.29 is 9.53 Å². The first-order valence-corrected chi connectivity index (χ1v) is 7.01. The predicted molar refractivity (Wildman–Crippen MR) is 70.6 cm³/mol. The quantitative estimate of drug-likeness (QED) is 0.756. The van der Waals surface area contributed by atoms with Gasteiger partial charge < -0.3 is 4.74 Å². The van der Waals surface area contributed by atoms with Crippen LogP contribution in [0.3, 0.4) is 0 Å². The molecule has 0 N–H and O–H groups in total. The molecule has 1 heterocycles. The van der Waals surface area contributed by atoms with Crippen LogP contribution in [0.4, 0.5) is 0 Å². The van der Waals surface area contributed by atoms with E-state index >= 15 is 0 Å². The highest BCUT2D eigenvalue weighted by molar-refractivity contribution is 5.80. The van der Waals surface area contributed by atoms with Crippen molar-refractivity contribution in [3.05, 3.63) is 35.9 Å². The van der Waals surface area contributed by atoms with E-state index in [1.54, 1.807) is 0 Å². The second-order valence-electron chi connectivity index (χ2n) is 5.59. The van der Waals surface area contributed by atoms with Crippen LogP contribution in [-0.2, 0) is 9.53 Å². The summed E-state index contributed by atoms with van der Waals surface area (Å²) in [4.78, 5) is 11.8. The second kappa shape index (κ2) is 4.85. The van der Waals surface area contributed by atoms with Crippen LogP contribution in [0.1, 0.15) is 50.0 Å². The maximum Gasteiger partial charge on any atom is 0.138 e. The minimum atomic E-state index is -0.199. The molecule has 0 amide bonds. The van der Waals surface area contributed by atoms with E-state index in [-0.39, 0.29) is 5.60 Å². The van der Waals surface area contributed by atoms with E-state index in [4.69, 9.17) is 4.74 Å². The molecule has 2 unspecified atom stereocenters. The second-order valence-corrected chi connectivity index (χ2v) is 5.59. The standard InChI is InChI=1S/C16H20O2/c17-14-9-11-18-16(12-14)10-5-4-8-15(16)13-6-2-1-3-7-13/h1-3,6-7,15H,4-5,8-12H2. The molecule has 18 heavy (non-hydrogen) atoms. The third kappa shape index (κ3) is 2.10. The Kier molecular flexibility index (Phi) is 3.21. The predicted octanol–water partition coefficient (Wildman–Crippen LogP) is 3.46. The minimum Gasteiger partial charge on any atom is -0.373 e. The van der Waals surface area contributed by atoms with Crippen LogP contribution in [0.15, 0.2) is 30.3 Å². The number of hydrogen-bond donors (Lipinski definition) is 0. The normalized spacial score (nSPS) is 32.7. The van der Waals surface area contributed by atoms with Crippen LogP contribution >= 0.6 is 0 Å². The molecule has 2 aliphatic rings. The van der Waals surface area contributed by atoms with E-state index < -0.39 is 0 Å². The molecule has 1 aliphatic heterocycles. The van der Waals surface area contributed by atoms with Gasteiger partial charge in [0.15, 0.2) is 0 Å². The molecule has 2 nitrogen and oxygen atoms in total. The summed E-state index contributed by atoms with van der Waals surface area (Å²) in [5, 5.41) is 0. The van der Waals surface area contributed by atoms with E-state index in [1.165, 1.54) is 18.4 Å². The third-order valence-electron chi connectivity index (χ3n) is 4.45. The van der Waals surface area contributed by atoms with Gasteiger partial charge in [-0.1, -0.05) is 43.2 Å². The molecule has 1 aromatic rings.